The van der Waals surface area contributed by atoms with Crippen molar-refractivity contribution < 1.29 is 9.59 Å². The van der Waals surface area contributed by atoms with E-state index < -0.39 is 11.3 Å². The molecule has 3 rings (SSSR count). The van der Waals surface area contributed by atoms with Crippen molar-refractivity contribution in [1.82, 2.24) is 14.9 Å². The molecule has 1 atom stereocenters. The van der Waals surface area contributed by atoms with Gasteiger partial charge < -0.3 is 11.1 Å². The van der Waals surface area contributed by atoms with E-state index in [0.717, 1.165) is 13.0 Å². The molecular formula is C16H19N5O2S. The third-order valence-electron chi connectivity index (χ3n) is 4.24. The minimum Gasteiger partial charge on any atom is -0.369 e. The number of carbonyl (C=O) groups is 2. The van der Waals surface area contributed by atoms with Crippen LogP contribution in [0.3, 0.4) is 0 Å². The number of aromatic nitrogens is 2. The molecule has 0 aliphatic carbocycles. The number of rotatable bonds is 5. The maximum atomic E-state index is 12.2. The van der Waals surface area contributed by atoms with E-state index in [9.17, 15) is 9.59 Å². The van der Waals surface area contributed by atoms with Gasteiger partial charge in [-0.15, -0.1) is 11.3 Å². The molecule has 2 amide bonds. The van der Waals surface area contributed by atoms with Gasteiger partial charge in [-0.25, -0.2) is 4.98 Å². The van der Waals surface area contributed by atoms with Crippen LogP contribution < -0.4 is 11.1 Å². The molecule has 0 radical (unpaired) electrons. The number of pyridine rings is 1. The summed E-state index contributed by atoms with van der Waals surface area (Å²) in [4.78, 5) is 34.7. The Balaban J connectivity index is 1.72. The zero-order valence-electron chi connectivity index (χ0n) is 13.1. The van der Waals surface area contributed by atoms with E-state index in [1.807, 2.05) is 17.0 Å². The molecule has 2 aromatic heterocycles. The first kappa shape index (κ1) is 16.5. The third kappa shape index (κ3) is 3.44. The minimum atomic E-state index is -0.846. The first-order chi connectivity index (χ1) is 11.6. The van der Waals surface area contributed by atoms with Gasteiger partial charge >= 0.3 is 0 Å². The number of thiazole rings is 1. The Morgan fingerprint density at radius 1 is 1.33 bits per heavy atom. The lowest BCUT2D eigenvalue weighted by atomic mass is 9.76. The van der Waals surface area contributed by atoms with E-state index in [1.54, 1.807) is 23.8 Å². The Kier molecular flexibility index (Phi) is 4.86. The standard InChI is InChI=1S/C16H19N5O2S/c17-14(23)16(12-4-1-2-6-18-12)5-3-8-21(11-16)10-13(22)20-15-19-7-9-24-15/h1-2,4,6-7,9H,3,5,8,10-11H2,(H2,17,23)(H,19,20,22). The first-order valence-electron chi connectivity index (χ1n) is 7.73. The van der Waals surface area contributed by atoms with Crippen LogP contribution in [0.5, 0.6) is 0 Å². The lowest BCUT2D eigenvalue weighted by molar-refractivity contribution is -0.127. The van der Waals surface area contributed by atoms with Crippen molar-refractivity contribution in [2.24, 2.45) is 5.73 Å². The molecule has 0 spiro atoms. The predicted molar refractivity (Wildman–Crippen MR) is 91.5 cm³/mol. The average Bonchev–Trinajstić information content (AvgIpc) is 3.08. The summed E-state index contributed by atoms with van der Waals surface area (Å²) in [6, 6.07) is 5.48. The number of nitrogens with zero attached hydrogens (tertiary/aromatic N) is 3. The van der Waals surface area contributed by atoms with Gasteiger partial charge in [-0.2, -0.15) is 0 Å². The second-order valence-electron chi connectivity index (χ2n) is 5.86. The van der Waals surface area contributed by atoms with Gasteiger partial charge in [0.25, 0.3) is 0 Å². The molecule has 126 valence electrons. The lowest BCUT2D eigenvalue weighted by Gasteiger charge is -2.39. The lowest BCUT2D eigenvalue weighted by Crippen LogP contribution is -2.55. The fraction of sp³-hybridized carbons (Fsp3) is 0.375. The van der Waals surface area contributed by atoms with Gasteiger partial charge in [0.05, 0.1) is 12.2 Å². The average molecular weight is 345 g/mol. The maximum absolute atomic E-state index is 12.2. The van der Waals surface area contributed by atoms with Crippen molar-refractivity contribution >= 4 is 28.3 Å². The number of nitrogens with two attached hydrogens (primary N) is 1. The number of nitrogens with one attached hydrogen (secondary N) is 1. The molecule has 0 bridgehead atoms. The molecule has 3 heterocycles. The van der Waals surface area contributed by atoms with Crippen molar-refractivity contribution in [2.75, 3.05) is 25.0 Å². The van der Waals surface area contributed by atoms with Crippen molar-refractivity contribution in [1.29, 1.82) is 0 Å². The number of piperidine rings is 1. The molecule has 0 aromatic carbocycles. The summed E-state index contributed by atoms with van der Waals surface area (Å²) in [6.45, 7) is 1.33. The highest BCUT2D eigenvalue weighted by Crippen LogP contribution is 2.32. The summed E-state index contributed by atoms with van der Waals surface area (Å²) >= 11 is 1.37. The second-order valence-corrected chi connectivity index (χ2v) is 6.76. The smallest absolute Gasteiger partial charge is 0.240 e. The molecule has 0 saturated carbocycles. The molecule has 1 aliphatic heterocycles. The van der Waals surface area contributed by atoms with Crippen LogP contribution in [0, 0.1) is 0 Å². The fourth-order valence-electron chi connectivity index (χ4n) is 3.11. The normalized spacial score (nSPS) is 21.3. The van der Waals surface area contributed by atoms with Crippen LogP contribution in [-0.2, 0) is 15.0 Å². The maximum Gasteiger partial charge on any atom is 0.240 e. The van der Waals surface area contributed by atoms with E-state index in [2.05, 4.69) is 15.3 Å². The Morgan fingerprint density at radius 2 is 2.21 bits per heavy atom. The number of likely N-dealkylation sites (tertiary alicyclic amines) is 1. The number of primary amides is 1. The Labute approximate surface area is 143 Å². The van der Waals surface area contributed by atoms with Gasteiger partial charge in [-0.3, -0.25) is 19.5 Å². The van der Waals surface area contributed by atoms with Crippen LogP contribution in [0.1, 0.15) is 18.5 Å². The van der Waals surface area contributed by atoms with Gasteiger partial charge in [-0.1, -0.05) is 6.07 Å². The van der Waals surface area contributed by atoms with Crippen molar-refractivity contribution in [3.05, 3.63) is 41.7 Å². The molecule has 8 heteroatoms. The summed E-state index contributed by atoms with van der Waals surface area (Å²) < 4.78 is 0. The highest BCUT2D eigenvalue weighted by atomic mass is 32.1. The van der Waals surface area contributed by atoms with E-state index >= 15 is 0 Å². The highest BCUT2D eigenvalue weighted by Gasteiger charge is 2.43. The highest BCUT2D eigenvalue weighted by molar-refractivity contribution is 7.13. The number of amides is 2. The number of anilines is 1. The van der Waals surface area contributed by atoms with Crippen LogP contribution in [0.4, 0.5) is 5.13 Å². The van der Waals surface area contributed by atoms with Crippen LogP contribution >= 0.6 is 11.3 Å². The fourth-order valence-corrected chi connectivity index (χ4v) is 3.65. The zero-order valence-corrected chi connectivity index (χ0v) is 14.0. The molecule has 1 saturated heterocycles. The SMILES string of the molecule is NC(=O)C1(c2ccccn2)CCCN(CC(=O)Nc2nccs2)C1. The summed E-state index contributed by atoms with van der Waals surface area (Å²) in [6.07, 6.45) is 4.72. The minimum absolute atomic E-state index is 0.147. The zero-order chi connectivity index (χ0) is 17.0. The van der Waals surface area contributed by atoms with E-state index in [4.69, 9.17) is 5.73 Å². The number of carbonyl (C=O) groups excluding carboxylic acids is 2. The number of hydrogen-bond donors (Lipinski definition) is 2. The summed E-state index contributed by atoms with van der Waals surface area (Å²) in [5.41, 5.74) is 5.55. The number of hydrogen-bond acceptors (Lipinski definition) is 6. The largest absolute Gasteiger partial charge is 0.369 e. The quantitative estimate of drug-likeness (QED) is 0.842. The van der Waals surface area contributed by atoms with E-state index in [-0.39, 0.29) is 12.5 Å². The van der Waals surface area contributed by atoms with Gasteiger partial charge in [0.15, 0.2) is 5.13 Å². The van der Waals surface area contributed by atoms with E-state index in [1.165, 1.54) is 11.3 Å². The molecule has 2 aromatic rings. The summed E-state index contributed by atoms with van der Waals surface area (Å²) in [5, 5.41) is 5.13. The monoisotopic (exact) mass is 345 g/mol. The van der Waals surface area contributed by atoms with Crippen LogP contribution in [0.2, 0.25) is 0 Å². The Hall–Kier alpha value is -2.32. The second kappa shape index (κ2) is 7.06. The summed E-state index contributed by atoms with van der Waals surface area (Å²) in [7, 11) is 0. The van der Waals surface area contributed by atoms with Crippen LogP contribution in [0.15, 0.2) is 36.0 Å². The third-order valence-corrected chi connectivity index (χ3v) is 4.93. The predicted octanol–water partition coefficient (Wildman–Crippen LogP) is 0.996. The first-order valence-corrected chi connectivity index (χ1v) is 8.61. The molecular weight excluding hydrogens is 326 g/mol. The van der Waals surface area contributed by atoms with Gasteiger partial charge in [0.2, 0.25) is 11.8 Å². The topological polar surface area (TPSA) is 101 Å². The van der Waals surface area contributed by atoms with Gasteiger partial charge in [0, 0.05) is 24.3 Å². The van der Waals surface area contributed by atoms with Crippen molar-refractivity contribution in [3.63, 3.8) is 0 Å². The van der Waals surface area contributed by atoms with E-state index in [0.29, 0.717) is 23.8 Å². The van der Waals surface area contributed by atoms with Crippen LogP contribution in [-0.4, -0.2) is 46.3 Å². The summed E-state index contributed by atoms with van der Waals surface area (Å²) in [5.74, 6) is -0.544. The molecule has 1 fully saturated rings. The molecule has 3 N–H and O–H groups in total. The Morgan fingerprint density at radius 3 is 2.88 bits per heavy atom. The Bertz CT molecular complexity index is 707. The molecule has 1 unspecified atom stereocenters. The van der Waals surface area contributed by atoms with Crippen LogP contribution in [0.25, 0.3) is 0 Å². The van der Waals surface area contributed by atoms with Crippen molar-refractivity contribution in [2.45, 2.75) is 18.3 Å². The molecule has 24 heavy (non-hydrogen) atoms. The molecule has 7 nitrogen and oxygen atoms in total. The van der Waals surface area contributed by atoms with Gasteiger partial charge in [-0.05, 0) is 31.5 Å². The molecule has 1 aliphatic rings. The van der Waals surface area contributed by atoms with Gasteiger partial charge in [0.1, 0.15) is 5.41 Å². The van der Waals surface area contributed by atoms with Crippen molar-refractivity contribution in [3.8, 4) is 0 Å².